The van der Waals surface area contributed by atoms with Crippen molar-refractivity contribution in [1.29, 1.82) is 0 Å². The number of nitrogen functional groups attached to an aromatic ring is 1. The average molecular weight is 301 g/mol. The molecule has 1 saturated heterocycles. The summed E-state index contributed by atoms with van der Waals surface area (Å²) in [6.45, 7) is 6.71. The van der Waals surface area contributed by atoms with Gasteiger partial charge in [0.05, 0.1) is 0 Å². The highest BCUT2D eigenvalue weighted by molar-refractivity contribution is 5.45. The van der Waals surface area contributed by atoms with Gasteiger partial charge in [0, 0.05) is 31.5 Å². The Kier molecular flexibility index (Phi) is 4.53. The van der Waals surface area contributed by atoms with Gasteiger partial charge in [0.1, 0.15) is 5.82 Å². The maximum atomic E-state index is 5.79. The van der Waals surface area contributed by atoms with Gasteiger partial charge in [-0.2, -0.15) is 15.1 Å². The minimum atomic E-state index is 0.252. The Hall–Kier alpha value is -2.15. The second-order valence-corrected chi connectivity index (χ2v) is 5.91. The van der Waals surface area contributed by atoms with Crippen LogP contribution in [-0.4, -0.2) is 50.8 Å². The third kappa shape index (κ3) is 3.73. The molecule has 0 aromatic carbocycles. The van der Waals surface area contributed by atoms with Gasteiger partial charge in [-0.25, -0.2) is 4.68 Å². The molecular formula is C15H23N7. The monoisotopic (exact) mass is 301 g/mol. The Morgan fingerprint density at radius 2 is 2.14 bits per heavy atom. The summed E-state index contributed by atoms with van der Waals surface area (Å²) in [4.78, 5) is 11.0. The van der Waals surface area contributed by atoms with Gasteiger partial charge < -0.3 is 16.0 Å². The molecule has 1 aliphatic heterocycles. The van der Waals surface area contributed by atoms with Crippen molar-refractivity contribution in [1.82, 2.24) is 24.6 Å². The first-order chi connectivity index (χ1) is 10.7. The van der Waals surface area contributed by atoms with Gasteiger partial charge in [-0.05, 0) is 37.9 Å². The summed E-state index contributed by atoms with van der Waals surface area (Å²) in [5.41, 5.74) is 5.79. The largest absolute Gasteiger partial charge is 0.370 e. The summed E-state index contributed by atoms with van der Waals surface area (Å²) in [7, 11) is 0. The third-order valence-corrected chi connectivity index (χ3v) is 3.87. The molecular weight excluding hydrogens is 278 g/mol. The van der Waals surface area contributed by atoms with Crippen molar-refractivity contribution in [3.63, 3.8) is 0 Å². The van der Waals surface area contributed by atoms with Gasteiger partial charge in [-0.3, -0.25) is 0 Å². The van der Waals surface area contributed by atoms with E-state index in [2.05, 4.69) is 32.2 Å². The van der Waals surface area contributed by atoms with Gasteiger partial charge in [-0.15, -0.1) is 0 Å². The predicted molar refractivity (Wildman–Crippen MR) is 86.9 cm³/mol. The minimum absolute atomic E-state index is 0.252. The van der Waals surface area contributed by atoms with E-state index >= 15 is 0 Å². The van der Waals surface area contributed by atoms with Crippen LogP contribution in [0.25, 0.3) is 5.82 Å². The maximum absolute atomic E-state index is 5.79. The Labute approximate surface area is 130 Å². The van der Waals surface area contributed by atoms with Gasteiger partial charge in [0.15, 0.2) is 5.82 Å². The zero-order valence-corrected chi connectivity index (χ0v) is 12.9. The summed E-state index contributed by atoms with van der Waals surface area (Å²) in [5.74, 6) is 2.23. The Bertz CT molecular complexity index is 590. The molecule has 0 spiro atoms. The highest BCUT2D eigenvalue weighted by atomic mass is 15.3. The van der Waals surface area contributed by atoms with Crippen LogP contribution >= 0.6 is 0 Å². The van der Waals surface area contributed by atoms with Crippen LogP contribution < -0.4 is 11.1 Å². The lowest BCUT2D eigenvalue weighted by Crippen LogP contribution is -2.29. The number of nitrogens with one attached hydrogen (secondary N) is 1. The molecule has 0 radical (unpaired) electrons. The Morgan fingerprint density at radius 1 is 1.32 bits per heavy atom. The van der Waals surface area contributed by atoms with Crippen molar-refractivity contribution in [3.05, 3.63) is 24.5 Å². The van der Waals surface area contributed by atoms with Gasteiger partial charge in [0.2, 0.25) is 5.95 Å². The van der Waals surface area contributed by atoms with E-state index in [1.807, 2.05) is 18.3 Å². The first-order valence-corrected chi connectivity index (χ1v) is 7.81. The molecule has 22 heavy (non-hydrogen) atoms. The molecule has 3 rings (SSSR count). The van der Waals surface area contributed by atoms with Crippen molar-refractivity contribution >= 4 is 11.8 Å². The van der Waals surface area contributed by atoms with E-state index in [4.69, 9.17) is 5.73 Å². The fourth-order valence-corrected chi connectivity index (χ4v) is 2.81. The normalized spacial score (nSPS) is 16.8. The van der Waals surface area contributed by atoms with Crippen LogP contribution in [0.5, 0.6) is 0 Å². The molecule has 118 valence electrons. The Morgan fingerprint density at radius 3 is 2.86 bits per heavy atom. The fraction of sp³-hybridized carbons (Fsp3) is 0.533. The van der Waals surface area contributed by atoms with Crippen LogP contribution in [0.3, 0.4) is 0 Å². The molecule has 3 heterocycles. The third-order valence-electron chi connectivity index (χ3n) is 3.87. The molecule has 0 amide bonds. The molecule has 1 fully saturated rings. The minimum Gasteiger partial charge on any atom is -0.370 e. The van der Waals surface area contributed by atoms with Crippen LogP contribution in [0.15, 0.2) is 24.5 Å². The summed E-state index contributed by atoms with van der Waals surface area (Å²) in [6, 6.07) is 3.72. The molecule has 1 unspecified atom stereocenters. The highest BCUT2D eigenvalue weighted by Crippen LogP contribution is 2.14. The zero-order chi connectivity index (χ0) is 15.4. The molecule has 1 atom stereocenters. The van der Waals surface area contributed by atoms with Crippen molar-refractivity contribution in [2.45, 2.75) is 19.8 Å². The molecule has 7 nitrogen and oxygen atoms in total. The van der Waals surface area contributed by atoms with Crippen LogP contribution in [0.1, 0.15) is 19.8 Å². The fourth-order valence-electron chi connectivity index (χ4n) is 2.81. The molecule has 2 aromatic heterocycles. The van der Waals surface area contributed by atoms with E-state index in [0.29, 0.717) is 11.7 Å². The first-order valence-electron chi connectivity index (χ1n) is 7.81. The number of hydrogen-bond donors (Lipinski definition) is 2. The van der Waals surface area contributed by atoms with E-state index in [9.17, 15) is 0 Å². The number of nitrogens with two attached hydrogens (primary N) is 1. The SMILES string of the molecule is CC(CNc1cc(-n2cccn2)nc(N)n1)CN1CCCC1. The van der Waals surface area contributed by atoms with E-state index in [1.54, 1.807) is 10.9 Å². The zero-order valence-electron chi connectivity index (χ0n) is 12.9. The maximum Gasteiger partial charge on any atom is 0.224 e. The molecule has 0 saturated carbocycles. The van der Waals surface area contributed by atoms with Crippen molar-refractivity contribution in [2.24, 2.45) is 5.92 Å². The molecule has 2 aromatic rings. The van der Waals surface area contributed by atoms with E-state index in [-0.39, 0.29) is 5.95 Å². The summed E-state index contributed by atoms with van der Waals surface area (Å²) >= 11 is 0. The first kappa shape index (κ1) is 14.8. The van der Waals surface area contributed by atoms with E-state index < -0.39 is 0 Å². The highest BCUT2D eigenvalue weighted by Gasteiger charge is 2.14. The number of rotatable bonds is 6. The summed E-state index contributed by atoms with van der Waals surface area (Å²) < 4.78 is 1.68. The lowest BCUT2D eigenvalue weighted by molar-refractivity contribution is 0.294. The molecule has 1 aliphatic rings. The number of hydrogen-bond acceptors (Lipinski definition) is 6. The lowest BCUT2D eigenvalue weighted by Gasteiger charge is -2.20. The van der Waals surface area contributed by atoms with E-state index in [0.717, 1.165) is 18.9 Å². The lowest BCUT2D eigenvalue weighted by atomic mass is 10.1. The topological polar surface area (TPSA) is 84.9 Å². The van der Waals surface area contributed by atoms with Crippen LogP contribution in [0.2, 0.25) is 0 Å². The number of nitrogens with zero attached hydrogens (tertiary/aromatic N) is 5. The summed E-state index contributed by atoms with van der Waals surface area (Å²) in [5, 5.41) is 7.53. The predicted octanol–water partition coefficient (Wildman–Crippen LogP) is 1.39. The Balaban J connectivity index is 1.60. The van der Waals surface area contributed by atoms with Crippen LogP contribution in [-0.2, 0) is 0 Å². The standard InChI is InChI=1S/C15H23N7/c1-12(11-21-6-2-3-7-21)10-17-13-9-14(20-15(16)19-13)22-8-4-5-18-22/h4-5,8-9,12H,2-3,6-7,10-11H2,1H3,(H3,16,17,19,20). The second kappa shape index (κ2) is 6.74. The molecule has 0 aliphatic carbocycles. The smallest absolute Gasteiger partial charge is 0.224 e. The quantitative estimate of drug-likeness (QED) is 0.838. The molecule has 7 heteroatoms. The van der Waals surface area contributed by atoms with Gasteiger partial charge >= 0.3 is 0 Å². The number of anilines is 2. The number of aromatic nitrogens is 4. The van der Waals surface area contributed by atoms with Gasteiger partial charge in [0.25, 0.3) is 0 Å². The van der Waals surface area contributed by atoms with Gasteiger partial charge in [-0.1, -0.05) is 6.92 Å². The van der Waals surface area contributed by atoms with E-state index in [1.165, 1.54) is 25.9 Å². The second-order valence-electron chi connectivity index (χ2n) is 5.91. The summed E-state index contributed by atoms with van der Waals surface area (Å²) in [6.07, 6.45) is 6.21. The van der Waals surface area contributed by atoms with Crippen LogP contribution in [0.4, 0.5) is 11.8 Å². The molecule has 0 bridgehead atoms. The molecule has 3 N–H and O–H groups in total. The van der Waals surface area contributed by atoms with Crippen LogP contribution in [0, 0.1) is 5.92 Å². The average Bonchev–Trinajstić information content (AvgIpc) is 3.18. The van der Waals surface area contributed by atoms with Crippen molar-refractivity contribution in [3.8, 4) is 5.82 Å². The van der Waals surface area contributed by atoms with Crippen molar-refractivity contribution < 1.29 is 0 Å². The van der Waals surface area contributed by atoms with Crippen molar-refractivity contribution in [2.75, 3.05) is 37.2 Å². The number of likely N-dealkylation sites (tertiary alicyclic amines) is 1.